The van der Waals surface area contributed by atoms with E-state index in [1.165, 1.54) is 26.1 Å². The maximum absolute atomic E-state index is 3.41. The van der Waals surface area contributed by atoms with Gasteiger partial charge in [-0.2, -0.15) is 0 Å². The number of nitrogens with one attached hydrogen (secondary N) is 2. The van der Waals surface area contributed by atoms with Crippen LogP contribution in [0.1, 0.15) is 13.3 Å². The third-order valence-corrected chi connectivity index (χ3v) is 2.96. The molecule has 2 atom stereocenters. The Kier molecular flexibility index (Phi) is 1.08. The molecule has 0 radical (unpaired) electrons. The van der Waals surface area contributed by atoms with Crippen LogP contribution in [0.4, 0.5) is 0 Å². The first-order valence-corrected chi connectivity index (χ1v) is 3.78. The molecule has 0 bridgehead atoms. The van der Waals surface area contributed by atoms with Gasteiger partial charge in [-0.1, -0.05) is 0 Å². The summed E-state index contributed by atoms with van der Waals surface area (Å²) in [6.45, 7) is 5.99. The van der Waals surface area contributed by atoms with Crippen LogP contribution in [-0.2, 0) is 0 Å². The first-order valence-electron chi connectivity index (χ1n) is 3.78. The summed E-state index contributed by atoms with van der Waals surface area (Å²) in [7, 11) is 0. The van der Waals surface area contributed by atoms with Crippen molar-refractivity contribution in [1.82, 2.24) is 10.6 Å². The minimum absolute atomic E-state index is 0.653. The van der Waals surface area contributed by atoms with Gasteiger partial charge in [-0.25, -0.2) is 0 Å². The van der Waals surface area contributed by atoms with Gasteiger partial charge in [0.05, 0.1) is 0 Å². The van der Waals surface area contributed by atoms with Crippen molar-refractivity contribution in [2.24, 2.45) is 5.41 Å². The lowest BCUT2D eigenvalue weighted by atomic mass is 9.74. The molecule has 2 saturated heterocycles. The standard InChI is InChI=1S/C7H14N2/c1-6-7(5-9-6)2-3-8-4-7/h6,8-9H,2-5H2,1H3. The summed E-state index contributed by atoms with van der Waals surface area (Å²) in [5.74, 6) is 0. The van der Waals surface area contributed by atoms with Crippen molar-refractivity contribution in [3.8, 4) is 0 Å². The van der Waals surface area contributed by atoms with E-state index in [9.17, 15) is 0 Å². The van der Waals surface area contributed by atoms with Crippen LogP contribution in [0, 0.1) is 5.41 Å². The SMILES string of the molecule is CC1NCC12CCNC2. The molecule has 2 N–H and O–H groups in total. The van der Waals surface area contributed by atoms with Crippen LogP contribution >= 0.6 is 0 Å². The highest BCUT2D eigenvalue weighted by molar-refractivity contribution is 5.03. The summed E-state index contributed by atoms with van der Waals surface area (Å²) in [6, 6.07) is 0.757. The van der Waals surface area contributed by atoms with Gasteiger partial charge in [-0.3, -0.25) is 0 Å². The lowest BCUT2D eigenvalue weighted by Crippen LogP contribution is -2.61. The molecule has 2 aliphatic heterocycles. The monoisotopic (exact) mass is 126 g/mol. The van der Waals surface area contributed by atoms with E-state index in [1.807, 2.05) is 0 Å². The molecule has 0 aliphatic carbocycles. The number of hydrogen-bond donors (Lipinski definition) is 2. The van der Waals surface area contributed by atoms with Gasteiger partial charge >= 0.3 is 0 Å². The van der Waals surface area contributed by atoms with Crippen molar-refractivity contribution in [2.45, 2.75) is 19.4 Å². The summed E-state index contributed by atoms with van der Waals surface area (Å²) in [5.41, 5.74) is 0.653. The highest BCUT2D eigenvalue weighted by Gasteiger charge is 2.45. The zero-order valence-electron chi connectivity index (χ0n) is 5.91. The molecule has 2 fully saturated rings. The van der Waals surface area contributed by atoms with Crippen molar-refractivity contribution in [3.63, 3.8) is 0 Å². The summed E-state index contributed by atoms with van der Waals surface area (Å²) in [4.78, 5) is 0. The molecule has 2 rings (SSSR count). The zero-order valence-corrected chi connectivity index (χ0v) is 5.91. The molecule has 2 heteroatoms. The second-order valence-corrected chi connectivity index (χ2v) is 3.39. The fraction of sp³-hybridized carbons (Fsp3) is 1.00. The molecule has 1 spiro atoms. The fourth-order valence-corrected chi connectivity index (χ4v) is 1.88. The van der Waals surface area contributed by atoms with E-state index < -0.39 is 0 Å². The van der Waals surface area contributed by atoms with E-state index in [-0.39, 0.29) is 0 Å². The summed E-state index contributed by atoms with van der Waals surface area (Å²) in [5, 5.41) is 6.81. The summed E-state index contributed by atoms with van der Waals surface area (Å²) >= 11 is 0. The molecule has 2 aliphatic rings. The van der Waals surface area contributed by atoms with Gasteiger partial charge in [0.1, 0.15) is 0 Å². The Hall–Kier alpha value is -0.0800. The van der Waals surface area contributed by atoms with Gasteiger partial charge in [0.25, 0.3) is 0 Å². The molecular formula is C7H14N2. The normalized spacial score (nSPS) is 49.7. The predicted molar refractivity (Wildman–Crippen MR) is 37.4 cm³/mol. The Balaban J connectivity index is 2.06. The largest absolute Gasteiger partial charge is 0.316 e. The van der Waals surface area contributed by atoms with E-state index in [0.717, 1.165) is 6.04 Å². The minimum Gasteiger partial charge on any atom is -0.316 e. The van der Waals surface area contributed by atoms with Crippen molar-refractivity contribution >= 4 is 0 Å². The average molecular weight is 126 g/mol. The molecule has 52 valence electrons. The Morgan fingerprint density at radius 2 is 2.33 bits per heavy atom. The maximum atomic E-state index is 3.41. The Bertz CT molecular complexity index is 116. The van der Waals surface area contributed by atoms with Crippen LogP contribution in [0.5, 0.6) is 0 Å². The summed E-state index contributed by atoms with van der Waals surface area (Å²) < 4.78 is 0. The number of hydrogen-bond acceptors (Lipinski definition) is 2. The molecule has 0 saturated carbocycles. The van der Waals surface area contributed by atoms with E-state index >= 15 is 0 Å². The van der Waals surface area contributed by atoms with Crippen molar-refractivity contribution in [1.29, 1.82) is 0 Å². The van der Waals surface area contributed by atoms with Crippen LogP contribution in [-0.4, -0.2) is 25.7 Å². The Morgan fingerprint density at radius 1 is 1.44 bits per heavy atom. The smallest absolute Gasteiger partial charge is 0.0120 e. The Labute approximate surface area is 56.0 Å². The lowest BCUT2D eigenvalue weighted by Gasteiger charge is -2.46. The average Bonchev–Trinajstić information content (AvgIpc) is 2.34. The lowest BCUT2D eigenvalue weighted by molar-refractivity contribution is 0.119. The maximum Gasteiger partial charge on any atom is 0.0120 e. The van der Waals surface area contributed by atoms with E-state index in [2.05, 4.69) is 17.6 Å². The fourth-order valence-electron chi connectivity index (χ4n) is 1.88. The first kappa shape index (κ1) is 5.69. The van der Waals surface area contributed by atoms with Crippen molar-refractivity contribution in [2.75, 3.05) is 19.6 Å². The van der Waals surface area contributed by atoms with E-state index in [4.69, 9.17) is 0 Å². The van der Waals surface area contributed by atoms with Crippen molar-refractivity contribution < 1.29 is 0 Å². The molecule has 0 aromatic rings. The zero-order chi connectivity index (χ0) is 6.32. The molecule has 2 heterocycles. The molecule has 9 heavy (non-hydrogen) atoms. The van der Waals surface area contributed by atoms with Gasteiger partial charge in [0.15, 0.2) is 0 Å². The Morgan fingerprint density at radius 3 is 2.56 bits per heavy atom. The molecular weight excluding hydrogens is 112 g/mol. The molecule has 2 unspecified atom stereocenters. The predicted octanol–water partition coefficient (Wildman–Crippen LogP) is -0.0422. The number of rotatable bonds is 0. The van der Waals surface area contributed by atoms with Crippen LogP contribution < -0.4 is 10.6 Å². The van der Waals surface area contributed by atoms with E-state index in [0.29, 0.717) is 5.41 Å². The summed E-state index contributed by atoms with van der Waals surface area (Å²) in [6.07, 6.45) is 1.38. The van der Waals surface area contributed by atoms with Crippen molar-refractivity contribution in [3.05, 3.63) is 0 Å². The van der Waals surface area contributed by atoms with Gasteiger partial charge in [0.2, 0.25) is 0 Å². The van der Waals surface area contributed by atoms with Gasteiger partial charge in [-0.05, 0) is 19.9 Å². The van der Waals surface area contributed by atoms with Crippen LogP contribution in [0.15, 0.2) is 0 Å². The molecule has 2 nitrogen and oxygen atoms in total. The molecule has 0 aromatic heterocycles. The second-order valence-electron chi connectivity index (χ2n) is 3.39. The van der Waals surface area contributed by atoms with Crippen LogP contribution in [0.25, 0.3) is 0 Å². The van der Waals surface area contributed by atoms with Gasteiger partial charge in [-0.15, -0.1) is 0 Å². The minimum atomic E-state index is 0.653. The van der Waals surface area contributed by atoms with Gasteiger partial charge < -0.3 is 10.6 Å². The second kappa shape index (κ2) is 1.70. The van der Waals surface area contributed by atoms with Crippen LogP contribution in [0.2, 0.25) is 0 Å². The third kappa shape index (κ3) is 0.634. The highest BCUT2D eigenvalue weighted by Crippen LogP contribution is 2.34. The molecule has 0 amide bonds. The van der Waals surface area contributed by atoms with Crippen LogP contribution in [0.3, 0.4) is 0 Å². The third-order valence-electron chi connectivity index (χ3n) is 2.96. The van der Waals surface area contributed by atoms with E-state index in [1.54, 1.807) is 0 Å². The first-order chi connectivity index (χ1) is 4.33. The van der Waals surface area contributed by atoms with Gasteiger partial charge in [0, 0.05) is 24.5 Å². The topological polar surface area (TPSA) is 24.1 Å². The quantitative estimate of drug-likeness (QED) is 0.476. The highest BCUT2D eigenvalue weighted by atomic mass is 15.1. The molecule has 0 aromatic carbocycles.